The lowest BCUT2D eigenvalue weighted by atomic mass is 10.1. The van der Waals surface area contributed by atoms with Crippen LogP contribution in [-0.2, 0) is 11.3 Å². The number of rotatable bonds is 5. The fraction of sp³-hybridized carbons (Fsp3) is 0.312. The average Bonchev–Trinajstić information content (AvgIpc) is 2.48. The number of halogens is 1. The van der Waals surface area contributed by atoms with Gasteiger partial charge in [0.2, 0.25) is 5.91 Å². The van der Waals surface area contributed by atoms with Crippen molar-refractivity contribution in [3.8, 4) is 11.3 Å². The summed E-state index contributed by atoms with van der Waals surface area (Å²) in [6.07, 6.45) is 0. The molecule has 2 rings (SSSR count). The number of amides is 1. The van der Waals surface area contributed by atoms with E-state index < -0.39 is 0 Å². The summed E-state index contributed by atoms with van der Waals surface area (Å²) in [6.45, 7) is 4.50. The second kappa shape index (κ2) is 7.22. The van der Waals surface area contributed by atoms with Crippen LogP contribution in [0.1, 0.15) is 13.8 Å². The van der Waals surface area contributed by atoms with E-state index >= 15 is 0 Å². The molecule has 1 aromatic carbocycles. The van der Waals surface area contributed by atoms with Crippen molar-refractivity contribution in [3.05, 3.63) is 51.8 Å². The third-order valence-corrected chi connectivity index (χ3v) is 3.26. The normalized spacial score (nSPS) is 10.7. The van der Waals surface area contributed by atoms with Crippen LogP contribution in [0.15, 0.2) is 41.2 Å². The van der Waals surface area contributed by atoms with Gasteiger partial charge in [0.15, 0.2) is 0 Å². The van der Waals surface area contributed by atoms with E-state index in [0.29, 0.717) is 23.2 Å². The van der Waals surface area contributed by atoms with E-state index in [9.17, 15) is 9.59 Å². The predicted octanol–water partition coefficient (Wildman–Crippen LogP) is 2.34. The van der Waals surface area contributed by atoms with Crippen LogP contribution in [0.3, 0.4) is 0 Å². The summed E-state index contributed by atoms with van der Waals surface area (Å²) in [6, 6.07) is 10.2. The number of aromatic nitrogens is 2. The van der Waals surface area contributed by atoms with Gasteiger partial charge >= 0.3 is 0 Å². The molecule has 0 spiro atoms. The number of hydrogen-bond acceptors (Lipinski definition) is 3. The Kier molecular flexibility index (Phi) is 5.33. The number of benzene rings is 1. The Bertz CT molecular complexity index is 708. The predicted molar refractivity (Wildman–Crippen MR) is 86.8 cm³/mol. The zero-order valence-corrected chi connectivity index (χ0v) is 13.3. The first-order chi connectivity index (χ1) is 10.5. The first-order valence-electron chi connectivity index (χ1n) is 7.06. The highest BCUT2D eigenvalue weighted by Gasteiger charge is 2.08. The molecule has 1 amide bonds. The molecule has 1 heterocycles. The van der Waals surface area contributed by atoms with Gasteiger partial charge in [-0.15, -0.1) is 0 Å². The summed E-state index contributed by atoms with van der Waals surface area (Å²) in [5.74, 6) is 0.130. The van der Waals surface area contributed by atoms with Crippen LogP contribution in [-0.4, -0.2) is 22.2 Å². The lowest BCUT2D eigenvalue weighted by Crippen LogP contribution is -2.35. The molecule has 0 saturated heterocycles. The summed E-state index contributed by atoms with van der Waals surface area (Å²) >= 11 is 5.86. The molecular formula is C16H18ClN3O2. The quantitative estimate of drug-likeness (QED) is 0.920. The number of nitrogens with zero attached hydrogens (tertiary/aromatic N) is 2. The fourth-order valence-corrected chi connectivity index (χ4v) is 1.97. The van der Waals surface area contributed by atoms with Gasteiger partial charge in [0.25, 0.3) is 5.56 Å². The number of nitrogens with one attached hydrogen (secondary N) is 1. The smallest absolute Gasteiger partial charge is 0.267 e. The second-order valence-electron chi connectivity index (χ2n) is 5.42. The SMILES string of the molecule is CC(C)CNC(=O)Cn1nc(-c2ccc(Cl)cc2)ccc1=O. The highest BCUT2D eigenvalue weighted by molar-refractivity contribution is 6.30. The molecule has 0 saturated carbocycles. The molecule has 5 nitrogen and oxygen atoms in total. The molecule has 22 heavy (non-hydrogen) atoms. The van der Waals surface area contributed by atoms with Crippen LogP contribution in [0.25, 0.3) is 11.3 Å². The molecule has 0 radical (unpaired) electrons. The minimum Gasteiger partial charge on any atom is -0.354 e. The standard InChI is InChI=1S/C16H18ClN3O2/c1-11(2)9-18-15(21)10-20-16(22)8-7-14(19-20)12-3-5-13(17)6-4-12/h3-8,11H,9-10H2,1-2H3,(H,18,21). The van der Waals surface area contributed by atoms with Gasteiger partial charge in [0, 0.05) is 23.2 Å². The first-order valence-corrected chi connectivity index (χ1v) is 7.44. The Labute approximate surface area is 133 Å². The fourth-order valence-electron chi connectivity index (χ4n) is 1.85. The molecule has 2 aromatic rings. The van der Waals surface area contributed by atoms with Crippen molar-refractivity contribution in [2.45, 2.75) is 20.4 Å². The average molecular weight is 320 g/mol. The van der Waals surface area contributed by atoms with Crippen molar-refractivity contribution in [1.29, 1.82) is 0 Å². The summed E-state index contributed by atoms with van der Waals surface area (Å²) < 4.78 is 1.17. The summed E-state index contributed by atoms with van der Waals surface area (Å²) in [5.41, 5.74) is 1.14. The van der Waals surface area contributed by atoms with E-state index in [1.165, 1.54) is 10.7 Å². The van der Waals surface area contributed by atoms with Crippen molar-refractivity contribution < 1.29 is 4.79 Å². The minimum absolute atomic E-state index is 0.0903. The lowest BCUT2D eigenvalue weighted by molar-refractivity contribution is -0.122. The molecule has 6 heteroatoms. The van der Waals surface area contributed by atoms with Crippen LogP contribution < -0.4 is 10.9 Å². The van der Waals surface area contributed by atoms with Crippen LogP contribution in [0, 0.1) is 5.92 Å². The summed E-state index contributed by atoms with van der Waals surface area (Å²) in [5, 5.41) is 7.64. The Morgan fingerprint density at radius 1 is 1.23 bits per heavy atom. The lowest BCUT2D eigenvalue weighted by Gasteiger charge is -2.09. The van der Waals surface area contributed by atoms with Gasteiger partial charge in [-0.1, -0.05) is 37.6 Å². The Hall–Kier alpha value is -2.14. The van der Waals surface area contributed by atoms with Crippen molar-refractivity contribution in [3.63, 3.8) is 0 Å². The topological polar surface area (TPSA) is 64.0 Å². The third kappa shape index (κ3) is 4.43. The maximum absolute atomic E-state index is 11.8. The van der Waals surface area contributed by atoms with Crippen LogP contribution in [0.2, 0.25) is 5.02 Å². The Balaban J connectivity index is 2.18. The summed E-state index contributed by atoms with van der Waals surface area (Å²) in [7, 11) is 0. The van der Waals surface area contributed by atoms with Crippen molar-refractivity contribution >= 4 is 17.5 Å². The Morgan fingerprint density at radius 3 is 2.55 bits per heavy atom. The van der Waals surface area contributed by atoms with E-state index in [4.69, 9.17) is 11.6 Å². The van der Waals surface area contributed by atoms with Gasteiger partial charge in [0.05, 0.1) is 5.69 Å². The molecule has 0 aliphatic carbocycles. The number of carbonyl (C=O) groups excluding carboxylic acids is 1. The van der Waals surface area contributed by atoms with E-state index in [-0.39, 0.29) is 18.0 Å². The van der Waals surface area contributed by atoms with Gasteiger partial charge in [-0.05, 0) is 24.1 Å². The molecule has 1 aromatic heterocycles. The van der Waals surface area contributed by atoms with Gasteiger partial charge < -0.3 is 5.32 Å². The summed E-state index contributed by atoms with van der Waals surface area (Å²) in [4.78, 5) is 23.7. The molecular weight excluding hydrogens is 302 g/mol. The van der Waals surface area contributed by atoms with E-state index in [0.717, 1.165) is 5.56 Å². The molecule has 0 atom stereocenters. The highest BCUT2D eigenvalue weighted by Crippen LogP contribution is 2.18. The van der Waals surface area contributed by atoms with Crippen molar-refractivity contribution in [2.75, 3.05) is 6.54 Å². The zero-order chi connectivity index (χ0) is 16.1. The zero-order valence-electron chi connectivity index (χ0n) is 12.5. The maximum Gasteiger partial charge on any atom is 0.267 e. The van der Waals surface area contributed by atoms with Gasteiger partial charge in [-0.3, -0.25) is 9.59 Å². The van der Waals surface area contributed by atoms with Crippen LogP contribution in [0.5, 0.6) is 0 Å². The minimum atomic E-state index is -0.308. The van der Waals surface area contributed by atoms with Crippen LogP contribution in [0.4, 0.5) is 0 Å². The number of hydrogen-bond donors (Lipinski definition) is 1. The van der Waals surface area contributed by atoms with Gasteiger partial charge in [0.1, 0.15) is 6.54 Å². The van der Waals surface area contributed by atoms with Crippen LogP contribution >= 0.6 is 11.6 Å². The molecule has 0 fully saturated rings. The molecule has 0 aliphatic rings. The second-order valence-corrected chi connectivity index (χ2v) is 5.86. The third-order valence-electron chi connectivity index (χ3n) is 3.01. The van der Waals surface area contributed by atoms with Crippen molar-refractivity contribution in [1.82, 2.24) is 15.1 Å². The molecule has 116 valence electrons. The monoisotopic (exact) mass is 319 g/mol. The molecule has 1 N–H and O–H groups in total. The van der Waals surface area contributed by atoms with E-state index in [1.54, 1.807) is 18.2 Å². The Morgan fingerprint density at radius 2 is 1.91 bits per heavy atom. The first kappa shape index (κ1) is 16.2. The number of carbonyl (C=O) groups is 1. The van der Waals surface area contributed by atoms with Gasteiger partial charge in [-0.25, -0.2) is 4.68 Å². The van der Waals surface area contributed by atoms with E-state index in [1.807, 2.05) is 26.0 Å². The maximum atomic E-state index is 11.8. The molecule has 0 unspecified atom stereocenters. The largest absolute Gasteiger partial charge is 0.354 e. The highest BCUT2D eigenvalue weighted by atomic mass is 35.5. The molecule has 0 bridgehead atoms. The molecule has 0 aliphatic heterocycles. The van der Waals surface area contributed by atoms with E-state index in [2.05, 4.69) is 10.4 Å². The van der Waals surface area contributed by atoms with Crippen molar-refractivity contribution in [2.24, 2.45) is 5.92 Å². The van der Waals surface area contributed by atoms with Gasteiger partial charge in [-0.2, -0.15) is 5.10 Å².